The quantitative estimate of drug-likeness (QED) is 0.498. The van der Waals surface area contributed by atoms with E-state index >= 15 is 0 Å². The number of pyridine rings is 1. The SMILES string of the molecule is CCOc1nc(NN)nc(NCCc2ccncc2)n1. The van der Waals surface area contributed by atoms with Crippen molar-refractivity contribution in [2.24, 2.45) is 5.84 Å². The van der Waals surface area contributed by atoms with E-state index in [4.69, 9.17) is 10.6 Å². The molecule has 0 saturated heterocycles. The van der Waals surface area contributed by atoms with Crippen LogP contribution in [-0.2, 0) is 6.42 Å². The lowest BCUT2D eigenvalue weighted by Gasteiger charge is -2.08. The average Bonchev–Trinajstić information content (AvgIpc) is 2.48. The van der Waals surface area contributed by atoms with Gasteiger partial charge in [-0.3, -0.25) is 10.4 Å². The Morgan fingerprint density at radius 1 is 1.15 bits per heavy atom. The Labute approximate surface area is 116 Å². The van der Waals surface area contributed by atoms with Crippen molar-refractivity contribution in [2.75, 3.05) is 23.9 Å². The second-order valence-electron chi connectivity index (χ2n) is 3.87. The second-order valence-corrected chi connectivity index (χ2v) is 3.87. The number of hydrogen-bond acceptors (Lipinski definition) is 8. The number of nitrogens with zero attached hydrogens (tertiary/aromatic N) is 4. The maximum Gasteiger partial charge on any atom is 0.323 e. The third-order valence-electron chi connectivity index (χ3n) is 2.46. The fourth-order valence-electron chi connectivity index (χ4n) is 1.56. The summed E-state index contributed by atoms with van der Waals surface area (Å²) in [7, 11) is 0. The molecule has 2 rings (SSSR count). The van der Waals surface area contributed by atoms with Gasteiger partial charge in [0.25, 0.3) is 0 Å². The van der Waals surface area contributed by atoms with Crippen LogP contribution in [-0.4, -0.2) is 33.1 Å². The van der Waals surface area contributed by atoms with Crippen LogP contribution in [0.3, 0.4) is 0 Å². The zero-order valence-electron chi connectivity index (χ0n) is 11.2. The van der Waals surface area contributed by atoms with Crippen LogP contribution in [0.2, 0.25) is 0 Å². The molecule has 20 heavy (non-hydrogen) atoms. The van der Waals surface area contributed by atoms with Gasteiger partial charge in [-0.1, -0.05) is 0 Å². The number of nitrogens with two attached hydrogens (primary N) is 1. The molecule has 0 aliphatic heterocycles. The highest BCUT2D eigenvalue weighted by Gasteiger charge is 2.05. The number of rotatable bonds is 7. The van der Waals surface area contributed by atoms with E-state index in [1.165, 1.54) is 5.56 Å². The first kappa shape index (κ1) is 13.9. The van der Waals surface area contributed by atoms with Crippen molar-refractivity contribution in [1.29, 1.82) is 0 Å². The van der Waals surface area contributed by atoms with E-state index in [1.807, 2.05) is 19.1 Å². The van der Waals surface area contributed by atoms with Crippen LogP contribution in [0, 0.1) is 0 Å². The van der Waals surface area contributed by atoms with Crippen LogP contribution in [0.1, 0.15) is 12.5 Å². The molecule has 4 N–H and O–H groups in total. The number of anilines is 2. The molecule has 0 amide bonds. The third kappa shape index (κ3) is 4.02. The van der Waals surface area contributed by atoms with Crippen molar-refractivity contribution >= 4 is 11.9 Å². The maximum atomic E-state index is 5.31. The fraction of sp³-hybridized carbons (Fsp3) is 0.333. The van der Waals surface area contributed by atoms with Crippen molar-refractivity contribution in [3.63, 3.8) is 0 Å². The molecule has 0 radical (unpaired) electrons. The summed E-state index contributed by atoms with van der Waals surface area (Å²) < 4.78 is 5.25. The van der Waals surface area contributed by atoms with E-state index in [2.05, 4.69) is 30.7 Å². The highest BCUT2D eigenvalue weighted by atomic mass is 16.5. The molecular formula is C12H17N7O. The molecule has 2 heterocycles. The molecule has 2 aromatic heterocycles. The van der Waals surface area contributed by atoms with Gasteiger partial charge < -0.3 is 10.1 Å². The van der Waals surface area contributed by atoms with Crippen LogP contribution in [0.5, 0.6) is 6.01 Å². The Bertz CT molecular complexity index is 535. The Kier molecular flexibility index (Phi) is 5.01. The molecule has 0 aliphatic carbocycles. The van der Waals surface area contributed by atoms with Gasteiger partial charge in [-0.25, -0.2) is 5.84 Å². The van der Waals surface area contributed by atoms with Crippen molar-refractivity contribution in [1.82, 2.24) is 19.9 Å². The number of ether oxygens (including phenoxy) is 1. The Hall–Kier alpha value is -2.48. The standard InChI is InChI=1S/C12H17N7O/c1-2-20-12-17-10(16-11(18-12)19-13)15-8-5-9-3-6-14-7-4-9/h3-4,6-7H,2,5,8,13H2,1H3,(H2,15,16,17,18,19). The van der Waals surface area contributed by atoms with Gasteiger partial charge in [-0.05, 0) is 31.0 Å². The molecule has 8 nitrogen and oxygen atoms in total. The number of nitrogen functional groups attached to an aromatic ring is 1. The summed E-state index contributed by atoms with van der Waals surface area (Å²) in [6.07, 6.45) is 4.37. The lowest BCUT2D eigenvalue weighted by Crippen LogP contribution is -2.15. The summed E-state index contributed by atoms with van der Waals surface area (Å²) >= 11 is 0. The first-order valence-electron chi connectivity index (χ1n) is 6.30. The largest absolute Gasteiger partial charge is 0.464 e. The Morgan fingerprint density at radius 3 is 2.60 bits per heavy atom. The summed E-state index contributed by atoms with van der Waals surface area (Å²) in [5.41, 5.74) is 3.57. The summed E-state index contributed by atoms with van der Waals surface area (Å²) in [5, 5.41) is 3.11. The zero-order chi connectivity index (χ0) is 14.2. The number of hydrogen-bond donors (Lipinski definition) is 3. The smallest absolute Gasteiger partial charge is 0.323 e. The fourth-order valence-corrected chi connectivity index (χ4v) is 1.56. The number of nitrogens with one attached hydrogen (secondary N) is 2. The third-order valence-corrected chi connectivity index (χ3v) is 2.46. The van der Waals surface area contributed by atoms with E-state index in [0.717, 1.165) is 6.42 Å². The summed E-state index contributed by atoms with van der Waals surface area (Å²) in [5.74, 6) is 5.99. The molecule has 0 saturated carbocycles. The predicted molar refractivity (Wildman–Crippen MR) is 75.2 cm³/mol. The zero-order valence-corrected chi connectivity index (χ0v) is 11.2. The molecule has 8 heteroatoms. The van der Waals surface area contributed by atoms with Gasteiger partial charge in [-0.2, -0.15) is 15.0 Å². The minimum Gasteiger partial charge on any atom is -0.464 e. The highest BCUT2D eigenvalue weighted by Crippen LogP contribution is 2.10. The van der Waals surface area contributed by atoms with Crippen LogP contribution in [0.15, 0.2) is 24.5 Å². The van der Waals surface area contributed by atoms with Crippen molar-refractivity contribution in [3.8, 4) is 6.01 Å². The summed E-state index contributed by atoms with van der Waals surface area (Å²) in [6, 6.07) is 4.17. The average molecular weight is 275 g/mol. The first-order chi connectivity index (χ1) is 9.81. The molecule has 0 fully saturated rings. The summed E-state index contributed by atoms with van der Waals surface area (Å²) in [6.45, 7) is 3.02. The topological polar surface area (TPSA) is 111 Å². The molecule has 2 aromatic rings. The molecular weight excluding hydrogens is 258 g/mol. The van der Waals surface area contributed by atoms with E-state index in [1.54, 1.807) is 12.4 Å². The molecule has 0 unspecified atom stereocenters. The minimum atomic E-state index is 0.238. The minimum absolute atomic E-state index is 0.238. The van der Waals surface area contributed by atoms with Gasteiger partial charge in [0.05, 0.1) is 6.61 Å². The van der Waals surface area contributed by atoms with Crippen molar-refractivity contribution in [2.45, 2.75) is 13.3 Å². The van der Waals surface area contributed by atoms with E-state index in [9.17, 15) is 0 Å². The summed E-state index contributed by atoms with van der Waals surface area (Å²) in [4.78, 5) is 16.2. The number of hydrazine groups is 1. The van der Waals surface area contributed by atoms with Crippen LogP contribution in [0.25, 0.3) is 0 Å². The molecule has 0 bridgehead atoms. The molecule has 0 aromatic carbocycles. The van der Waals surface area contributed by atoms with Gasteiger partial charge in [0.2, 0.25) is 11.9 Å². The van der Waals surface area contributed by atoms with Crippen LogP contribution in [0.4, 0.5) is 11.9 Å². The monoisotopic (exact) mass is 275 g/mol. The molecule has 0 spiro atoms. The molecule has 0 aliphatic rings. The maximum absolute atomic E-state index is 5.31. The molecule has 0 atom stereocenters. The lowest BCUT2D eigenvalue weighted by atomic mass is 10.2. The Balaban J connectivity index is 1.96. The van der Waals surface area contributed by atoms with E-state index in [0.29, 0.717) is 19.1 Å². The van der Waals surface area contributed by atoms with Gasteiger partial charge in [-0.15, -0.1) is 0 Å². The second kappa shape index (κ2) is 7.19. The van der Waals surface area contributed by atoms with Gasteiger partial charge in [0.1, 0.15) is 0 Å². The van der Waals surface area contributed by atoms with Gasteiger partial charge >= 0.3 is 6.01 Å². The Morgan fingerprint density at radius 2 is 1.90 bits per heavy atom. The number of aromatic nitrogens is 4. The van der Waals surface area contributed by atoms with E-state index in [-0.39, 0.29) is 12.0 Å². The van der Waals surface area contributed by atoms with Crippen LogP contribution < -0.4 is 21.3 Å². The van der Waals surface area contributed by atoms with Crippen molar-refractivity contribution in [3.05, 3.63) is 30.1 Å². The normalized spacial score (nSPS) is 10.1. The van der Waals surface area contributed by atoms with E-state index < -0.39 is 0 Å². The van der Waals surface area contributed by atoms with Crippen molar-refractivity contribution < 1.29 is 4.74 Å². The highest BCUT2D eigenvalue weighted by molar-refractivity contribution is 5.35. The lowest BCUT2D eigenvalue weighted by molar-refractivity contribution is 0.312. The first-order valence-corrected chi connectivity index (χ1v) is 6.30. The van der Waals surface area contributed by atoms with Gasteiger partial charge in [0, 0.05) is 18.9 Å². The molecule has 106 valence electrons. The van der Waals surface area contributed by atoms with Gasteiger partial charge in [0.15, 0.2) is 0 Å². The predicted octanol–water partition coefficient (Wildman–Crippen LogP) is 0.605. The van der Waals surface area contributed by atoms with Crippen LogP contribution >= 0.6 is 0 Å².